The molecule has 0 saturated heterocycles. The highest BCUT2D eigenvalue weighted by molar-refractivity contribution is 6.35. The van der Waals surface area contributed by atoms with E-state index in [9.17, 15) is 9.18 Å². The number of carbonyl (C=O) groups excluding carboxylic acids is 1. The van der Waals surface area contributed by atoms with Crippen LogP contribution in [0.2, 0.25) is 5.02 Å². The van der Waals surface area contributed by atoms with E-state index in [1.165, 1.54) is 29.1 Å². The lowest BCUT2D eigenvalue weighted by molar-refractivity contribution is 0.103. The summed E-state index contributed by atoms with van der Waals surface area (Å²) in [7, 11) is 1.70. The van der Waals surface area contributed by atoms with E-state index in [1.54, 1.807) is 13.2 Å². The first-order valence-electron chi connectivity index (χ1n) is 4.57. The Hall–Kier alpha value is -1.68. The Morgan fingerprint density at radius 1 is 1.50 bits per heavy atom. The maximum atomic E-state index is 13.2. The highest BCUT2D eigenvalue weighted by atomic mass is 35.5. The summed E-state index contributed by atoms with van der Waals surface area (Å²) in [6.45, 7) is 0. The van der Waals surface area contributed by atoms with Crippen molar-refractivity contribution >= 4 is 17.4 Å². The van der Waals surface area contributed by atoms with Gasteiger partial charge in [0, 0.05) is 18.8 Å². The SMILES string of the molecule is Cn1cc(C(=O)c2cccc(F)c2Cl)cn1. The Balaban J connectivity index is 2.45. The predicted molar refractivity (Wildman–Crippen MR) is 58.1 cm³/mol. The van der Waals surface area contributed by atoms with Gasteiger partial charge in [-0.05, 0) is 12.1 Å². The zero-order chi connectivity index (χ0) is 11.7. The molecule has 1 aromatic heterocycles. The highest BCUT2D eigenvalue weighted by Gasteiger charge is 2.16. The molecule has 0 radical (unpaired) electrons. The van der Waals surface area contributed by atoms with E-state index < -0.39 is 5.82 Å². The van der Waals surface area contributed by atoms with Crippen LogP contribution in [0.1, 0.15) is 15.9 Å². The van der Waals surface area contributed by atoms with Crippen molar-refractivity contribution < 1.29 is 9.18 Å². The maximum Gasteiger partial charge on any atom is 0.197 e. The lowest BCUT2D eigenvalue weighted by Crippen LogP contribution is -2.02. The molecule has 2 rings (SSSR count). The zero-order valence-corrected chi connectivity index (χ0v) is 9.20. The van der Waals surface area contributed by atoms with Crippen molar-refractivity contribution in [2.24, 2.45) is 7.05 Å². The summed E-state index contributed by atoms with van der Waals surface area (Å²) < 4.78 is 14.7. The van der Waals surface area contributed by atoms with Crippen LogP contribution in [-0.2, 0) is 7.05 Å². The second kappa shape index (κ2) is 4.06. The molecule has 0 bridgehead atoms. The third-order valence-corrected chi connectivity index (χ3v) is 2.55. The fourth-order valence-corrected chi connectivity index (χ4v) is 1.58. The Bertz CT molecular complexity index is 551. The zero-order valence-electron chi connectivity index (χ0n) is 8.45. The number of halogens is 2. The van der Waals surface area contributed by atoms with Crippen molar-refractivity contribution in [1.82, 2.24) is 9.78 Å². The average molecular weight is 239 g/mol. The Labute approximate surface area is 96.5 Å². The van der Waals surface area contributed by atoms with Crippen molar-refractivity contribution in [3.05, 3.63) is 52.6 Å². The number of aromatic nitrogens is 2. The third-order valence-electron chi connectivity index (χ3n) is 2.16. The molecule has 3 nitrogen and oxygen atoms in total. The van der Waals surface area contributed by atoms with Crippen molar-refractivity contribution in [2.45, 2.75) is 0 Å². The highest BCUT2D eigenvalue weighted by Crippen LogP contribution is 2.22. The summed E-state index contributed by atoms with van der Waals surface area (Å²) in [5.41, 5.74) is 0.532. The Kier molecular flexibility index (Phi) is 2.75. The van der Waals surface area contributed by atoms with E-state index in [-0.39, 0.29) is 16.4 Å². The molecule has 0 atom stereocenters. The number of nitrogens with zero attached hydrogens (tertiary/aromatic N) is 2. The van der Waals surface area contributed by atoms with Crippen LogP contribution in [0, 0.1) is 5.82 Å². The van der Waals surface area contributed by atoms with Gasteiger partial charge in [0.2, 0.25) is 0 Å². The molecular weight excluding hydrogens is 231 g/mol. The molecule has 0 spiro atoms. The second-order valence-corrected chi connectivity index (χ2v) is 3.71. The minimum absolute atomic E-state index is 0.148. The number of benzene rings is 1. The fraction of sp³-hybridized carbons (Fsp3) is 0.0909. The summed E-state index contributed by atoms with van der Waals surface area (Å²) in [4.78, 5) is 11.9. The Morgan fingerprint density at radius 3 is 2.88 bits per heavy atom. The van der Waals surface area contributed by atoms with Crippen LogP contribution >= 0.6 is 11.6 Å². The molecule has 82 valence electrons. The summed E-state index contributed by atoms with van der Waals surface area (Å²) in [6.07, 6.45) is 2.98. The predicted octanol–water partition coefficient (Wildman–Crippen LogP) is 2.44. The van der Waals surface area contributed by atoms with Crippen LogP contribution in [0.5, 0.6) is 0 Å². The van der Waals surface area contributed by atoms with E-state index in [4.69, 9.17) is 11.6 Å². The quantitative estimate of drug-likeness (QED) is 0.754. The number of rotatable bonds is 2. The molecule has 0 aliphatic carbocycles. The number of hydrogen-bond donors (Lipinski definition) is 0. The fourth-order valence-electron chi connectivity index (χ4n) is 1.37. The van der Waals surface area contributed by atoms with Gasteiger partial charge in [-0.15, -0.1) is 0 Å². The minimum Gasteiger partial charge on any atom is -0.288 e. The summed E-state index contributed by atoms with van der Waals surface area (Å²) >= 11 is 5.72. The molecule has 0 fully saturated rings. The summed E-state index contributed by atoms with van der Waals surface area (Å²) in [6, 6.07) is 4.15. The van der Waals surface area contributed by atoms with Gasteiger partial charge in [0.15, 0.2) is 5.78 Å². The van der Waals surface area contributed by atoms with Crippen LogP contribution in [0.3, 0.4) is 0 Å². The monoisotopic (exact) mass is 238 g/mol. The Morgan fingerprint density at radius 2 is 2.25 bits per heavy atom. The van der Waals surface area contributed by atoms with Crippen molar-refractivity contribution in [3.8, 4) is 0 Å². The normalized spacial score (nSPS) is 10.4. The van der Waals surface area contributed by atoms with Gasteiger partial charge in [0.25, 0.3) is 0 Å². The molecule has 0 N–H and O–H groups in total. The van der Waals surface area contributed by atoms with Crippen molar-refractivity contribution in [3.63, 3.8) is 0 Å². The molecule has 0 unspecified atom stereocenters. The van der Waals surface area contributed by atoms with E-state index in [1.807, 2.05) is 0 Å². The molecule has 2 aromatic rings. The van der Waals surface area contributed by atoms with Crippen LogP contribution in [0.4, 0.5) is 4.39 Å². The molecule has 1 aromatic carbocycles. The van der Waals surface area contributed by atoms with Gasteiger partial charge in [0.05, 0.1) is 16.8 Å². The molecule has 5 heteroatoms. The van der Waals surface area contributed by atoms with Gasteiger partial charge in [-0.2, -0.15) is 5.10 Å². The number of carbonyl (C=O) groups is 1. The maximum absolute atomic E-state index is 13.2. The first kappa shape index (κ1) is 10.8. The number of aryl methyl sites for hydroxylation is 1. The lowest BCUT2D eigenvalue weighted by atomic mass is 10.1. The van der Waals surface area contributed by atoms with Gasteiger partial charge in [0.1, 0.15) is 5.82 Å². The molecule has 0 saturated carbocycles. The van der Waals surface area contributed by atoms with Gasteiger partial charge < -0.3 is 0 Å². The molecule has 1 heterocycles. The van der Waals surface area contributed by atoms with E-state index in [0.717, 1.165) is 0 Å². The van der Waals surface area contributed by atoms with Crippen molar-refractivity contribution in [2.75, 3.05) is 0 Å². The van der Waals surface area contributed by atoms with E-state index in [2.05, 4.69) is 5.10 Å². The van der Waals surface area contributed by atoms with Crippen LogP contribution < -0.4 is 0 Å². The first-order chi connectivity index (χ1) is 7.59. The molecular formula is C11H8ClFN2O. The minimum atomic E-state index is -0.601. The molecule has 0 aliphatic heterocycles. The molecule has 16 heavy (non-hydrogen) atoms. The largest absolute Gasteiger partial charge is 0.288 e. The smallest absolute Gasteiger partial charge is 0.197 e. The van der Waals surface area contributed by atoms with Gasteiger partial charge >= 0.3 is 0 Å². The van der Waals surface area contributed by atoms with E-state index >= 15 is 0 Å². The van der Waals surface area contributed by atoms with Crippen LogP contribution in [0.15, 0.2) is 30.6 Å². The second-order valence-electron chi connectivity index (χ2n) is 3.33. The average Bonchev–Trinajstić information content (AvgIpc) is 2.68. The lowest BCUT2D eigenvalue weighted by Gasteiger charge is -2.01. The van der Waals surface area contributed by atoms with Crippen molar-refractivity contribution in [1.29, 1.82) is 0 Å². The standard InChI is InChI=1S/C11H8ClFN2O/c1-15-6-7(5-14-15)11(16)8-3-2-4-9(13)10(8)12/h2-6H,1H3. The number of hydrogen-bond acceptors (Lipinski definition) is 2. The van der Waals surface area contributed by atoms with E-state index in [0.29, 0.717) is 5.56 Å². The van der Waals surface area contributed by atoms with Gasteiger partial charge in [-0.25, -0.2) is 4.39 Å². The van der Waals surface area contributed by atoms with Crippen LogP contribution in [0.25, 0.3) is 0 Å². The molecule has 0 aliphatic rings. The number of ketones is 1. The first-order valence-corrected chi connectivity index (χ1v) is 4.95. The topological polar surface area (TPSA) is 34.9 Å². The summed E-state index contributed by atoms with van der Waals surface area (Å²) in [5.74, 6) is -0.936. The van der Waals surface area contributed by atoms with Gasteiger partial charge in [-0.3, -0.25) is 9.48 Å². The van der Waals surface area contributed by atoms with Crippen LogP contribution in [-0.4, -0.2) is 15.6 Å². The summed E-state index contributed by atoms with van der Waals surface area (Å²) in [5, 5.41) is 3.72. The third kappa shape index (κ3) is 1.84. The molecule has 0 amide bonds. The van der Waals surface area contributed by atoms with Gasteiger partial charge in [-0.1, -0.05) is 17.7 Å².